The van der Waals surface area contributed by atoms with E-state index in [0.29, 0.717) is 14.8 Å². The van der Waals surface area contributed by atoms with Gasteiger partial charge in [0.25, 0.3) is 0 Å². The number of carbonyl (C=O) groups excluding carboxylic acids is 1. The van der Waals surface area contributed by atoms with Crippen LogP contribution in [0.2, 0.25) is 0 Å². The molecule has 0 fully saturated rings. The molecule has 0 spiro atoms. The van der Waals surface area contributed by atoms with Crippen molar-refractivity contribution in [1.29, 1.82) is 0 Å². The normalized spacial score (nSPS) is 10.8. The van der Waals surface area contributed by atoms with Crippen molar-refractivity contribution in [2.45, 2.75) is 6.92 Å². The van der Waals surface area contributed by atoms with Crippen LogP contribution in [-0.2, 0) is 0 Å². The minimum Gasteiger partial charge on any atom is -0.477 e. The zero-order valence-corrected chi connectivity index (χ0v) is 14.2. The van der Waals surface area contributed by atoms with Crippen LogP contribution in [0, 0.1) is 6.92 Å². The van der Waals surface area contributed by atoms with Gasteiger partial charge in [0, 0.05) is 24.2 Å². The second kappa shape index (κ2) is 6.06. The second-order valence-corrected chi connectivity index (χ2v) is 7.13. The monoisotopic (exact) mass is 365 g/mol. The smallest absolute Gasteiger partial charge is 0.351 e. The van der Waals surface area contributed by atoms with Crippen molar-refractivity contribution < 1.29 is 19.1 Å². The van der Waals surface area contributed by atoms with Crippen LogP contribution < -0.4 is 15.8 Å². The first-order chi connectivity index (χ1) is 11.3. The minimum atomic E-state index is -1.36. The van der Waals surface area contributed by atoms with Gasteiger partial charge in [-0.15, -0.1) is 22.7 Å². The van der Waals surface area contributed by atoms with Gasteiger partial charge in [0.1, 0.15) is 10.6 Å². The number of nitrogens with zero attached hydrogens (tertiary/aromatic N) is 2. The first-order valence-electron chi connectivity index (χ1n) is 6.63. The van der Waals surface area contributed by atoms with Gasteiger partial charge in [-0.1, -0.05) is 0 Å². The Kier molecular flexibility index (Phi) is 4.08. The van der Waals surface area contributed by atoms with Crippen LogP contribution >= 0.6 is 22.7 Å². The fourth-order valence-electron chi connectivity index (χ4n) is 1.90. The molecule has 0 bridgehead atoms. The maximum atomic E-state index is 12.2. The highest BCUT2D eigenvalue weighted by molar-refractivity contribution is 7.22. The second-order valence-electron chi connectivity index (χ2n) is 4.83. The molecule has 3 aromatic heterocycles. The molecular weight excluding hydrogens is 354 g/mol. The Morgan fingerprint density at radius 1 is 1.33 bits per heavy atom. The van der Waals surface area contributed by atoms with E-state index in [1.54, 1.807) is 13.2 Å². The van der Waals surface area contributed by atoms with E-state index in [0.717, 1.165) is 16.2 Å². The van der Waals surface area contributed by atoms with Crippen molar-refractivity contribution in [1.82, 2.24) is 4.98 Å². The summed E-state index contributed by atoms with van der Waals surface area (Å²) in [6.07, 6.45) is 1.65. The van der Waals surface area contributed by atoms with Crippen LogP contribution in [0.15, 0.2) is 27.5 Å². The molecule has 0 saturated heterocycles. The highest BCUT2D eigenvalue weighted by Gasteiger charge is 2.18. The van der Waals surface area contributed by atoms with Crippen molar-refractivity contribution in [3.8, 4) is 0 Å². The molecule has 8 nitrogen and oxygen atoms in total. The standard InChI is InChI=1S/C14H11N3O5S2/c1-6-5-15-13(23-6)16-14(21)17(2)10-4-8-9(24-10)3-7(11(18)19)12(20)22-8/h3-5H,1-2H3,(H,18,19)(H,15,16,21). The lowest BCUT2D eigenvalue weighted by molar-refractivity contribution is 0.0692. The number of urea groups is 1. The summed E-state index contributed by atoms with van der Waals surface area (Å²) in [7, 11) is 1.55. The summed E-state index contributed by atoms with van der Waals surface area (Å²) in [6, 6.07) is 2.35. The average molecular weight is 365 g/mol. The lowest BCUT2D eigenvalue weighted by Crippen LogP contribution is -2.30. The van der Waals surface area contributed by atoms with Crippen molar-refractivity contribution in [3.05, 3.63) is 39.2 Å². The number of thiazole rings is 1. The lowest BCUT2D eigenvalue weighted by Gasteiger charge is -2.14. The van der Waals surface area contributed by atoms with Crippen LogP contribution in [0.4, 0.5) is 14.9 Å². The molecule has 0 atom stereocenters. The third-order valence-electron chi connectivity index (χ3n) is 3.11. The average Bonchev–Trinajstić information content (AvgIpc) is 3.11. The largest absolute Gasteiger partial charge is 0.477 e. The van der Waals surface area contributed by atoms with Gasteiger partial charge in [-0.25, -0.2) is 19.4 Å². The van der Waals surface area contributed by atoms with E-state index >= 15 is 0 Å². The minimum absolute atomic E-state index is 0.231. The number of hydrogen-bond acceptors (Lipinski definition) is 7. The number of thiophene rings is 1. The summed E-state index contributed by atoms with van der Waals surface area (Å²) >= 11 is 2.49. The molecule has 0 aromatic carbocycles. The molecule has 3 aromatic rings. The first kappa shape index (κ1) is 16.1. The van der Waals surface area contributed by atoms with Crippen LogP contribution in [0.5, 0.6) is 0 Å². The fraction of sp³-hybridized carbons (Fsp3) is 0.143. The molecule has 2 N–H and O–H groups in total. The molecule has 3 rings (SSSR count). The van der Waals surface area contributed by atoms with E-state index in [9.17, 15) is 14.4 Å². The molecule has 0 unspecified atom stereocenters. The lowest BCUT2D eigenvalue weighted by atomic mass is 10.3. The van der Waals surface area contributed by atoms with E-state index < -0.39 is 23.2 Å². The molecular formula is C14H11N3O5S2. The van der Waals surface area contributed by atoms with E-state index in [1.807, 2.05) is 6.92 Å². The third-order valence-corrected chi connectivity index (χ3v) is 5.08. The quantitative estimate of drug-likeness (QED) is 0.738. The van der Waals surface area contributed by atoms with Gasteiger partial charge in [-0.05, 0) is 13.0 Å². The topological polar surface area (TPSA) is 113 Å². The van der Waals surface area contributed by atoms with E-state index in [2.05, 4.69) is 10.3 Å². The number of carboxylic acids is 1. The van der Waals surface area contributed by atoms with Crippen LogP contribution in [-0.4, -0.2) is 29.1 Å². The summed E-state index contributed by atoms with van der Waals surface area (Å²) in [6.45, 7) is 1.88. The van der Waals surface area contributed by atoms with E-state index in [4.69, 9.17) is 9.52 Å². The predicted octanol–water partition coefficient (Wildman–Crippen LogP) is 2.99. The van der Waals surface area contributed by atoms with Crippen molar-refractivity contribution in [2.75, 3.05) is 17.3 Å². The molecule has 0 aliphatic rings. The number of carboxylic acid groups (broad SMARTS) is 1. The van der Waals surface area contributed by atoms with E-state index in [-0.39, 0.29) is 5.58 Å². The first-order valence-corrected chi connectivity index (χ1v) is 8.26. The van der Waals surface area contributed by atoms with Crippen molar-refractivity contribution in [2.24, 2.45) is 0 Å². The Morgan fingerprint density at radius 2 is 2.08 bits per heavy atom. The highest BCUT2D eigenvalue weighted by atomic mass is 32.1. The summed E-state index contributed by atoms with van der Waals surface area (Å²) in [5, 5.41) is 12.6. The number of amides is 2. The summed E-state index contributed by atoms with van der Waals surface area (Å²) < 4.78 is 5.46. The Hall–Kier alpha value is -2.72. The Labute approximate surface area is 143 Å². The third kappa shape index (κ3) is 3.01. The number of nitrogens with one attached hydrogen (secondary N) is 1. The van der Waals surface area contributed by atoms with Gasteiger partial charge in [-0.2, -0.15) is 0 Å². The SMILES string of the molecule is Cc1cnc(NC(=O)N(C)c2cc3oc(=O)c(C(=O)O)cc3s2)s1. The molecule has 124 valence electrons. The number of aromatic nitrogens is 1. The molecule has 10 heteroatoms. The van der Waals surface area contributed by atoms with Gasteiger partial charge in [0.2, 0.25) is 0 Å². The van der Waals surface area contributed by atoms with Gasteiger partial charge in [0.15, 0.2) is 10.7 Å². The number of carbonyl (C=O) groups is 2. The fourth-order valence-corrected chi connectivity index (χ4v) is 3.55. The van der Waals surface area contributed by atoms with Crippen LogP contribution in [0.3, 0.4) is 0 Å². The molecule has 0 radical (unpaired) electrons. The predicted molar refractivity (Wildman–Crippen MR) is 91.6 cm³/mol. The van der Waals surface area contributed by atoms with Crippen molar-refractivity contribution >= 4 is 55.1 Å². The number of anilines is 2. The summed E-state index contributed by atoms with van der Waals surface area (Å²) in [5.74, 6) is -1.36. The molecule has 2 amide bonds. The highest BCUT2D eigenvalue weighted by Crippen LogP contribution is 2.32. The molecule has 3 heterocycles. The zero-order valence-electron chi connectivity index (χ0n) is 12.5. The molecule has 0 aliphatic heterocycles. The van der Waals surface area contributed by atoms with Crippen LogP contribution in [0.1, 0.15) is 15.2 Å². The zero-order chi connectivity index (χ0) is 17.4. The van der Waals surface area contributed by atoms with Gasteiger partial charge < -0.3 is 9.52 Å². The number of hydrogen-bond donors (Lipinski definition) is 2. The van der Waals surface area contributed by atoms with Crippen molar-refractivity contribution in [3.63, 3.8) is 0 Å². The Balaban J connectivity index is 1.89. The maximum Gasteiger partial charge on any atom is 0.351 e. The summed E-state index contributed by atoms with van der Waals surface area (Å²) in [5.41, 5.74) is -1.14. The van der Waals surface area contributed by atoms with Crippen LogP contribution in [0.25, 0.3) is 10.3 Å². The van der Waals surface area contributed by atoms with Gasteiger partial charge >= 0.3 is 17.6 Å². The Morgan fingerprint density at radius 3 is 2.71 bits per heavy atom. The Bertz CT molecular complexity index is 1000. The number of rotatable bonds is 3. The molecule has 0 saturated carbocycles. The molecule has 0 aliphatic carbocycles. The number of aryl methyl sites for hydroxylation is 1. The van der Waals surface area contributed by atoms with Gasteiger partial charge in [0.05, 0.1) is 4.70 Å². The van der Waals surface area contributed by atoms with E-state index in [1.165, 1.54) is 28.4 Å². The summed E-state index contributed by atoms with van der Waals surface area (Å²) in [4.78, 5) is 41.2. The number of aromatic carboxylic acids is 1. The number of fused-ring (bicyclic) bond motifs is 1. The maximum absolute atomic E-state index is 12.2. The van der Waals surface area contributed by atoms with Gasteiger partial charge in [-0.3, -0.25) is 10.2 Å². The molecule has 24 heavy (non-hydrogen) atoms.